The summed E-state index contributed by atoms with van der Waals surface area (Å²) in [5.41, 5.74) is 5.70. The molecule has 2 nitrogen and oxygen atoms in total. The minimum atomic E-state index is 0.667. The summed E-state index contributed by atoms with van der Waals surface area (Å²) >= 11 is 0. The van der Waals surface area contributed by atoms with Gasteiger partial charge >= 0.3 is 0 Å². The Kier molecular flexibility index (Phi) is 5.37. The molecule has 0 spiro atoms. The largest absolute Gasteiger partial charge is 0.305 e. The summed E-state index contributed by atoms with van der Waals surface area (Å²) in [4.78, 5) is 4.90. The molecule has 0 atom stereocenters. The Morgan fingerprint density at radius 3 is 2.47 bits per heavy atom. The fourth-order valence-corrected chi connectivity index (χ4v) is 1.97. The predicted octanol–water partition coefficient (Wildman–Crippen LogP) is 3.24. The highest BCUT2D eigenvalue weighted by Gasteiger charge is 2.10. The SMILES string of the molecule is CCC(CC)c1ccccc1CNOC. The smallest absolute Gasteiger partial charge is 0.0572 e. The van der Waals surface area contributed by atoms with Gasteiger partial charge in [0.15, 0.2) is 0 Å². The van der Waals surface area contributed by atoms with Crippen molar-refractivity contribution in [3.8, 4) is 0 Å². The number of nitrogens with one attached hydrogen (secondary N) is 1. The molecule has 2 heteroatoms. The molecule has 0 amide bonds. The third-order valence-electron chi connectivity index (χ3n) is 2.89. The number of rotatable bonds is 6. The zero-order valence-electron chi connectivity index (χ0n) is 9.92. The number of hydrogen-bond acceptors (Lipinski definition) is 2. The first-order valence-corrected chi connectivity index (χ1v) is 5.67. The second-order valence-corrected chi connectivity index (χ2v) is 3.74. The van der Waals surface area contributed by atoms with Crippen LogP contribution in [0.3, 0.4) is 0 Å². The van der Waals surface area contributed by atoms with Crippen molar-refractivity contribution in [2.45, 2.75) is 39.2 Å². The molecule has 1 rings (SSSR count). The van der Waals surface area contributed by atoms with Crippen LogP contribution >= 0.6 is 0 Å². The summed E-state index contributed by atoms with van der Waals surface area (Å²) in [5.74, 6) is 0.667. The highest BCUT2D eigenvalue weighted by atomic mass is 16.6. The van der Waals surface area contributed by atoms with E-state index in [2.05, 4.69) is 43.6 Å². The van der Waals surface area contributed by atoms with E-state index in [9.17, 15) is 0 Å². The normalized spacial score (nSPS) is 10.9. The zero-order valence-corrected chi connectivity index (χ0v) is 9.92. The molecule has 0 radical (unpaired) electrons. The van der Waals surface area contributed by atoms with E-state index in [4.69, 9.17) is 4.84 Å². The quantitative estimate of drug-likeness (QED) is 0.723. The van der Waals surface area contributed by atoms with Crippen molar-refractivity contribution in [2.75, 3.05) is 7.11 Å². The van der Waals surface area contributed by atoms with E-state index in [0.717, 1.165) is 6.54 Å². The average molecular weight is 207 g/mol. The molecule has 0 saturated heterocycles. The molecule has 0 aliphatic carbocycles. The van der Waals surface area contributed by atoms with Crippen LogP contribution in [0.5, 0.6) is 0 Å². The van der Waals surface area contributed by atoms with Gasteiger partial charge in [-0.15, -0.1) is 0 Å². The summed E-state index contributed by atoms with van der Waals surface area (Å²) in [7, 11) is 1.65. The molecule has 0 bridgehead atoms. The fourth-order valence-electron chi connectivity index (χ4n) is 1.97. The van der Waals surface area contributed by atoms with Crippen LogP contribution in [0.1, 0.15) is 43.7 Å². The van der Waals surface area contributed by atoms with E-state index in [1.165, 1.54) is 24.0 Å². The molecule has 1 aromatic rings. The number of hydrogen-bond donors (Lipinski definition) is 1. The molecule has 0 aliphatic rings. The van der Waals surface area contributed by atoms with Crippen LogP contribution in [0.15, 0.2) is 24.3 Å². The van der Waals surface area contributed by atoms with Crippen molar-refractivity contribution in [2.24, 2.45) is 0 Å². The topological polar surface area (TPSA) is 21.3 Å². The number of benzene rings is 1. The Labute approximate surface area is 92.6 Å². The zero-order chi connectivity index (χ0) is 11.1. The molecule has 0 fully saturated rings. The average Bonchev–Trinajstić information content (AvgIpc) is 2.29. The second kappa shape index (κ2) is 6.59. The van der Waals surface area contributed by atoms with Gasteiger partial charge in [-0.2, -0.15) is 5.48 Å². The van der Waals surface area contributed by atoms with Crippen molar-refractivity contribution in [1.29, 1.82) is 0 Å². The van der Waals surface area contributed by atoms with Crippen molar-refractivity contribution >= 4 is 0 Å². The van der Waals surface area contributed by atoms with Crippen LogP contribution in [0, 0.1) is 0 Å². The Hall–Kier alpha value is -0.860. The van der Waals surface area contributed by atoms with Gasteiger partial charge in [0.1, 0.15) is 0 Å². The van der Waals surface area contributed by atoms with Gasteiger partial charge in [0.2, 0.25) is 0 Å². The maximum absolute atomic E-state index is 4.90. The van der Waals surface area contributed by atoms with Crippen molar-refractivity contribution in [3.05, 3.63) is 35.4 Å². The van der Waals surface area contributed by atoms with Crippen LogP contribution in [0.2, 0.25) is 0 Å². The van der Waals surface area contributed by atoms with E-state index in [0.29, 0.717) is 5.92 Å². The fraction of sp³-hybridized carbons (Fsp3) is 0.538. The Bertz CT molecular complexity index is 282. The lowest BCUT2D eigenvalue weighted by Crippen LogP contribution is -2.13. The summed E-state index contributed by atoms with van der Waals surface area (Å²) < 4.78 is 0. The summed E-state index contributed by atoms with van der Waals surface area (Å²) in [6, 6.07) is 8.59. The first-order valence-electron chi connectivity index (χ1n) is 5.67. The molecular formula is C13H21NO. The first kappa shape index (κ1) is 12.2. The molecular weight excluding hydrogens is 186 g/mol. The molecule has 0 aliphatic heterocycles. The highest BCUT2D eigenvalue weighted by Crippen LogP contribution is 2.25. The van der Waals surface area contributed by atoms with E-state index in [-0.39, 0.29) is 0 Å². The van der Waals surface area contributed by atoms with Gasteiger partial charge in [0.05, 0.1) is 7.11 Å². The summed E-state index contributed by atoms with van der Waals surface area (Å²) in [5, 5.41) is 0. The molecule has 0 aromatic heterocycles. The molecule has 0 unspecified atom stereocenters. The van der Waals surface area contributed by atoms with Gasteiger partial charge in [-0.25, -0.2) is 0 Å². The molecule has 1 N–H and O–H groups in total. The Morgan fingerprint density at radius 2 is 1.87 bits per heavy atom. The third-order valence-corrected chi connectivity index (χ3v) is 2.89. The molecule has 1 aromatic carbocycles. The lowest BCUT2D eigenvalue weighted by Gasteiger charge is -2.17. The van der Waals surface area contributed by atoms with E-state index >= 15 is 0 Å². The van der Waals surface area contributed by atoms with Gasteiger partial charge in [-0.3, -0.25) is 0 Å². The van der Waals surface area contributed by atoms with Gasteiger partial charge in [0, 0.05) is 6.54 Å². The lowest BCUT2D eigenvalue weighted by atomic mass is 9.90. The Morgan fingerprint density at radius 1 is 1.20 bits per heavy atom. The third kappa shape index (κ3) is 3.33. The minimum absolute atomic E-state index is 0.667. The van der Waals surface area contributed by atoms with Crippen LogP contribution < -0.4 is 5.48 Å². The standard InChI is InChI=1S/C13H21NO/c1-4-11(5-2)13-9-7-6-8-12(13)10-14-15-3/h6-9,11,14H,4-5,10H2,1-3H3. The van der Waals surface area contributed by atoms with Crippen LogP contribution in [-0.4, -0.2) is 7.11 Å². The van der Waals surface area contributed by atoms with E-state index in [1.807, 2.05) is 0 Å². The van der Waals surface area contributed by atoms with Crippen LogP contribution in [0.25, 0.3) is 0 Å². The lowest BCUT2D eigenvalue weighted by molar-refractivity contribution is 0.0864. The number of hydroxylamine groups is 1. The maximum Gasteiger partial charge on any atom is 0.0572 e. The van der Waals surface area contributed by atoms with E-state index < -0.39 is 0 Å². The highest BCUT2D eigenvalue weighted by molar-refractivity contribution is 5.30. The predicted molar refractivity (Wildman–Crippen MR) is 63.6 cm³/mol. The molecule has 84 valence electrons. The van der Waals surface area contributed by atoms with Crippen molar-refractivity contribution in [1.82, 2.24) is 5.48 Å². The van der Waals surface area contributed by atoms with Crippen LogP contribution in [-0.2, 0) is 11.4 Å². The minimum Gasteiger partial charge on any atom is -0.305 e. The van der Waals surface area contributed by atoms with Gasteiger partial charge in [-0.05, 0) is 29.9 Å². The van der Waals surface area contributed by atoms with Gasteiger partial charge in [-0.1, -0.05) is 38.1 Å². The van der Waals surface area contributed by atoms with Crippen molar-refractivity contribution < 1.29 is 4.84 Å². The van der Waals surface area contributed by atoms with Gasteiger partial charge < -0.3 is 4.84 Å². The Balaban J connectivity index is 2.84. The van der Waals surface area contributed by atoms with Gasteiger partial charge in [0.25, 0.3) is 0 Å². The maximum atomic E-state index is 4.90. The van der Waals surface area contributed by atoms with E-state index in [1.54, 1.807) is 7.11 Å². The summed E-state index contributed by atoms with van der Waals surface area (Å²) in [6.45, 7) is 5.27. The molecule has 0 saturated carbocycles. The summed E-state index contributed by atoms with van der Waals surface area (Å²) in [6.07, 6.45) is 2.39. The molecule has 0 heterocycles. The van der Waals surface area contributed by atoms with Crippen LogP contribution in [0.4, 0.5) is 0 Å². The van der Waals surface area contributed by atoms with Crippen molar-refractivity contribution in [3.63, 3.8) is 0 Å². The first-order chi connectivity index (χ1) is 7.33. The monoisotopic (exact) mass is 207 g/mol. The molecule has 15 heavy (non-hydrogen) atoms. The second-order valence-electron chi connectivity index (χ2n) is 3.74.